The molecule has 0 amide bonds. The van der Waals surface area contributed by atoms with Gasteiger partial charge in [-0.25, -0.2) is 9.93 Å². The fourth-order valence-electron chi connectivity index (χ4n) is 0.677. The first kappa shape index (κ1) is 15.1. The van der Waals surface area contributed by atoms with Crippen molar-refractivity contribution in [2.75, 3.05) is 13.1 Å². The molecule has 1 rings (SSSR count). The van der Waals surface area contributed by atoms with Crippen molar-refractivity contribution < 1.29 is 31.5 Å². The monoisotopic (exact) mass is 265 g/mol. The largest absolute Gasteiger partial charge is 0.490 e. The first-order valence-corrected chi connectivity index (χ1v) is 5.28. The topological polar surface area (TPSA) is 127 Å². The fraction of sp³-hybridized carbons (Fsp3) is 0.800. The summed E-state index contributed by atoms with van der Waals surface area (Å²) < 4.78 is 53.7. The van der Waals surface area contributed by atoms with Gasteiger partial charge in [0.15, 0.2) is 0 Å². The average Bonchev–Trinajstić information content (AvgIpc) is 1.96. The maximum atomic E-state index is 10.6. The molecular formula is C5H10F3N3O4S. The first-order chi connectivity index (χ1) is 6.94. The first-order valence-electron chi connectivity index (χ1n) is 3.78. The highest BCUT2D eigenvalue weighted by atomic mass is 32.2. The summed E-state index contributed by atoms with van der Waals surface area (Å²) in [6.45, 7) is 0.720. The molecule has 0 saturated carbocycles. The molecular weight excluding hydrogens is 255 g/mol. The van der Waals surface area contributed by atoms with Gasteiger partial charge >= 0.3 is 12.1 Å². The van der Waals surface area contributed by atoms with E-state index in [-0.39, 0.29) is 6.04 Å². The standard InChI is InChI=1S/C3H9N3O2S.C2HF3O2/c4-3-1-6(2-3)9(5,7)8;3-2(4,5)1(6)7/h3H,1-2,4H2,(H2,5,7,8);(H,6,7). The molecule has 1 aliphatic heterocycles. The molecule has 0 atom stereocenters. The lowest BCUT2D eigenvalue weighted by Gasteiger charge is -2.33. The molecule has 0 aromatic heterocycles. The molecule has 16 heavy (non-hydrogen) atoms. The van der Waals surface area contributed by atoms with E-state index in [1.165, 1.54) is 0 Å². The minimum Gasteiger partial charge on any atom is -0.475 e. The van der Waals surface area contributed by atoms with E-state index in [0.29, 0.717) is 13.1 Å². The number of nitrogens with two attached hydrogens (primary N) is 2. The van der Waals surface area contributed by atoms with Crippen molar-refractivity contribution in [2.45, 2.75) is 12.2 Å². The quantitative estimate of drug-likeness (QED) is 0.530. The van der Waals surface area contributed by atoms with Crippen molar-refractivity contribution in [3.63, 3.8) is 0 Å². The van der Waals surface area contributed by atoms with Gasteiger partial charge in [0, 0.05) is 19.1 Å². The van der Waals surface area contributed by atoms with Crippen LogP contribution in [-0.2, 0) is 15.0 Å². The number of hydrogen-bond acceptors (Lipinski definition) is 4. The number of alkyl halides is 3. The Bertz CT molecular complexity index is 348. The summed E-state index contributed by atoms with van der Waals surface area (Å²) >= 11 is 0. The Hall–Kier alpha value is -0.910. The van der Waals surface area contributed by atoms with Crippen LogP contribution in [0.5, 0.6) is 0 Å². The summed E-state index contributed by atoms with van der Waals surface area (Å²) in [7, 11) is -3.45. The molecule has 96 valence electrons. The Morgan fingerprint density at radius 1 is 1.38 bits per heavy atom. The highest BCUT2D eigenvalue weighted by Gasteiger charge is 2.38. The lowest BCUT2D eigenvalue weighted by molar-refractivity contribution is -0.192. The molecule has 0 unspecified atom stereocenters. The fourth-order valence-corrected chi connectivity index (χ4v) is 1.48. The highest BCUT2D eigenvalue weighted by molar-refractivity contribution is 7.86. The molecule has 1 saturated heterocycles. The Kier molecular flexibility index (Phi) is 4.67. The van der Waals surface area contributed by atoms with Crippen LogP contribution in [0.15, 0.2) is 0 Å². The van der Waals surface area contributed by atoms with Crippen LogP contribution in [0.2, 0.25) is 0 Å². The van der Waals surface area contributed by atoms with Crippen LogP contribution in [0.3, 0.4) is 0 Å². The Labute approximate surface area is 89.0 Å². The second-order valence-electron chi connectivity index (χ2n) is 2.92. The van der Waals surface area contributed by atoms with Crippen molar-refractivity contribution in [1.29, 1.82) is 0 Å². The van der Waals surface area contributed by atoms with E-state index in [4.69, 9.17) is 20.8 Å². The second-order valence-corrected chi connectivity index (χ2v) is 4.47. The Morgan fingerprint density at radius 2 is 1.69 bits per heavy atom. The van der Waals surface area contributed by atoms with Crippen molar-refractivity contribution in [3.8, 4) is 0 Å². The summed E-state index contributed by atoms with van der Waals surface area (Å²) in [5.74, 6) is -2.76. The zero-order chi connectivity index (χ0) is 13.1. The number of rotatable bonds is 1. The van der Waals surface area contributed by atoms with Crippen molar-refractivity contribution in [3.05, 3.63) is 0 Å². The van der Waals surface area contributed by atoms with E-state index in [1.54, 1.807) is 0 Å². The van der Waals surface area contributed by atoms with E-state index in [9.17, 15) is 21.6 Å². The van der Waals surface area contributed by atoms with Crippen molar-refractivity contribution in [1.82, 2.24) is 4.31 Å². The zero-order valence-corrected chi connectivity index (χ0v) is 8.62. The van der Waals surface area contributed by atoms with Crippen LogP contribution < -0.4 is 10.9 Å². The van der Waals surface area contributed by atoms with Crippen LogP contribution in [0.4, 0.5) is 13.2 Å². The van der Waals surface area contributed by atoms with E-state index >= 15 is 0 Å². The second kappa shape index (κ2) is 4.95. The lowest BCUT2D eigenvalue weighted by atomic mass is 10.2. The minimum atomic E-state index is -5.08. The molecule has 0 radical (unpaired) electrons. The van der Waals surface area contributed by atoms with Gasteiger partial charge in [-0.1, -0.05) is 0 Å². The maximum absolute atomic E-state index is 10.6. The van der Waals surface area contributed by atoms with Gasteiger partial charge in [-0.3, -0.25) is 0 Å². The molecule has 1 heterocycles. The van der Waals surface area contributed by atoms with Gasteiger partial charge in [0.05, 0.1) is 0 Å². The number of aliphatic carboxylic acids is 1. The zero-order valence-electron chi connectivity index (χ0n) is 7.81. The minimum absolute atomic E-state index is 0.0247. The lowest BCUT2D eigenvalue weighted by Crippen LogP contribution is -2.59. The number of carboxylic acids is 1. The Morgan fingerprint density at radius 3 is 1.75 bits per heavy atom. The van der Waals surface area contributed by atoms with Crippen LogP contribution in [-0.4, -0.2) is 49.1 Å². The molecule has 1 fully saturated rings. The summed E-state index contributed by atoms with van der Waals surface area (Å²) in [4.78, 5) is 8.90. The van der Waals surface area contributed by atoms with Crippen LogP contribution >= 0.6 is 0 Å². The third-order valence-corrected chi connectivity index (χ3v) is 2.50. The summed E-state index contributed by atoms with van der Waals surface area (Å²) in [5.41, 5.74) is 5.30. The van der Waals surface area contributed by atoms with E-state index < -0.39 is 22.4 Å². The summed E-state index contributed by atoms with van der Waals surface area (Å²) in [6, 6.07) is -0.0247. The predicted octanol–water partition coefficient (Wildman–Crippen LogP) is -1.53. The highest BCUT2D eigenvalue weighted by Crippen LogP contribution is 2.13. The van der Waals surface area contributed by atoms with Crippen LogP contribution in [0.25, 0.3) is 0 Å². The maximum Gasteiger partial charge on any atom is 0.490 e. The Balaban J connectivity index is 0.000000293. The van der Waals surface area contributed by atoms with Gasteiger partial charge in [0.1, 0.15) is 0 Å². The molecule has 0 aliphatic carbocycles. The summed E-state index contributed by atoms with van der Waals surface area (Å²) in [6.07, 6.45) is -5.08. The van der Waals surface area contributed by atoms with E-state index in [0.717, 1.165) is 4.31 Å². The molecule has 11 heteroatoms. The molecule has 1 aliphatic rings. The molecule has 7 nitrogen and oxygen atoms in total. The number of hydrogen-bond donors (Lipinski definition) is 3. The van der Waals surface area contributed by atoms with E-state index in [1.807, 2.05) is 0 Å². The van der Waals surface area contributed by atoms with Crippen molar-refractivity contribution >= 4 is 16.2 Å². The van der Waals surface area contributed by atoms with Crippen LogP contribution in [0.1, 0.15) is 0 Å². The van der Waals surface area contributed by atoms with Crippen molar-refractivity contribution in [2.24, 2.45) is 10.9 Å². The third kappa shape index (κ3) is 5.25. The van der Waals surface area contributed by atoms with Gasteiger partial charge in [0.2, 0.25) is 0 Å². The van der Waals surface area contributed by atoms with Gasteiger partial charge in [0.25, 0.3) is 10.2 Å². The molecule has 0 aromatic carbocycles. The SMILES string of the molecule is NC1CN(S(N)(=O)=O)C1.O=C(O)C(F)(F)F. The van der Waals surface area contributed by atoms with Gasteiger partial charge in [-0.15, -0.1) is 0 Å². The number of carbonyl (C=O) groups is 1. The third-order valence-electron chi connectivity index (χ3n) is 1.48. The summed E-state index contributed by atoms with van der Waals surface area (Å²) in [5, 5.41) is 11.9. The number of halogens is 3. The van der Waals surface area contributed by atoms with Gasteiger partial charge < -0.3 is 10.8 Å². The molecule has 5 N–H and O–H groups in total. The van der Waals surface area contributed by atoms with Gasteiger partial charge in [-0.05, 0) is 0 Å². The molecule has 0 spiro atoms. The smallest absolute Gasteiger partial charge is 0.475 e. The van der Waals surface area contributed by atoms with E-state index in [2.05, 4.69) is 0 Å². The van der Waals surface area contributed by atoms with Crippen LogP contribution in [0, 0.1) is 0 Å². The molecule has 0 bridgehead atoms. The van der Waals surface area contributed by atoms with Gasteiger partial charge in [-0.2, -0.15) is 25.9 Å². The number of carboxylic acid groups (broad SMARTS) is 1. The number of nitrogens with zero attached hydrogens (tertiary/aromatic N) is 1. The molecule has 0 aromatic rings. The average molecular weight is 265 g/mol. The predicted molar refractivity (Wildman–Crippen MR) is 46.3 cm³/mol. The normalized spacial score (nSPS) is 18.3.